The molecule has 0 amide bonds. The van der Waals surface area contributed by atoms with Crippen LogP contribution in [0.5, 0.6) is 0 Å². The topological polar surface area (TPSA) is 83.1 Å². The highest BCUT2D eigenvalue weighted by atomic mass is 15.2. The smallest absolute Gasteiger partial charge is 0.161 e. The maximum Gasteiger partial charge on any atom is 0.161 e. The van der Waals surface area contributed by atoms with Crippen LogP contribution in [0.15, 0.2) is 103 Å². The van der Waals surface area contributed by atoms with E-state index in [1.807, 2.05) is 43.6 Å². The molecule has 0 fully saturated rings. The zero-order valence-electron chi connectivity index (χ0n) is 21.3. The molecule has 2 N–H and O–H groups in total. The van der Waals surface area contributed by atoms with Crippen molar-refractivity contribution >= 4 is 16.6 Å². The summed E-state index contributed by atoms with van der Waals surface area (Å²) in [6.45, 7) is 5.93. The number of aromatic amines is 2. The third-order valence-electron chi connectivity index (χ3n) is 6.77. The van der Waals surface area contributed by atoms with Gasteiger partial charge in [0.05, 0.1) is 16.9 Å². The molecule has 0 atom stereocenters. The highest BCUT2D eigenvalue weighted by Gasteiger charge is 2.19. The first-order chi connectivity index (χ1) is 18.7. The summed E-state index contributed by atoms with van der Waals surface area (Å²) < 4.78 is 0. The van der Waals surface area contributed by atoms with Crippen molar-refractivity contribution in [2.75, 3.05) is 0 Å². The third-order valence-corrected chi connectivity index (χ3v) is 6.77. The second kappa shape index (κ2) is 10.3. The number of nitrogens with zero attached hydrogens (tertiary/aromatic N) is 4. The predicted molar refractivity (Wildman–Crippen MR) is 153 cm³/mol. The molecule has 0 saturated heterocycles. The van der Waals surface area contributed by atoms with Gasteiger partial charge in [0, 0.05) is 29.2 Å². The standard InChI is InChI=1S/C32H28N6/c1-3-9-26(24-12-7-8-13-24)29-21(2)34-32(36-29)31-30-28(37-38-31)17-16-27(35-30)25-18-23(19-33-20-25)15-14-22-10-5-4-6-11-22/h3-7,9-13,16-20H,1,8,14-15H2,2H3,(H,34,36)(H,37,38)/b26-9-. The van der Waals surface area contributed by atoms with Crippen molar-refractivity contribution in [3.8, 4) is 22.8 Å². The zero-order valence-corrected chi connectivity index (χ0v) is 21.3. The van der Waals surface area contributed by atoms with Crippen LogP contribution in [0.3, 0.4) is 0 Å². The quantitative estimate of drug-likeness (QED) is 0.228. The fourth-order valence-electron chi connectivity index (χ4n) is 4.84. The number of hydrogen-bond acceptors (Lipinski definition) is 4. The van der Waals surface area contributed by atoms with Gasteiger partial charge in [0.25, 0.3) is 0 Å². The monoisotopic (exact) mass is 496 g/mol. The van der Waals surface area contributed by atoms with E-state index in [2.05, 4.69) is 75.3 Å². The maximum absolute atomic E-state index is 4.99. The fourth-order valence-corrected chi connectivity index (χ4v) is 4.84. The van der Waals surface area contributed by atoms with E-state index in [9.17, 15) is 0 Å². The second-order valence-corrected chi connectivity index (χ2v) is 9.40. The Balaban J connectivity index is 1.32. The molecule has 1 aromatic carbocycles. The van der Waals surface area contributed by atoms with Crippen LogP contribution in [0.4, 0.5) is 0 Å². The van der Waals surface area contributed by atoms with Crippen LogP contribution >= 0.6 is 0 Å². The Hall–Kier alpha value is -4.84. The minimum absolute atomic E-state index is 0.681. The number of hydrogen-bond donors (Lipinski definition) is 2. The molecule has 0 aliphatic heterocycles. The number of benzene rings is 1. The summed E-state index contributed by atoms with van der Waals surface area (Å²) >= 11 is 0. The molecule has 0 radical (unpaired) electrons. The van der Waals surface area contributed by atoms with Gasteiger partial charge in [-0.25, -0.2) is 9.97 Å². The lowest BCUT2D eigenvalue weighted by atomic mass is 10.0. The van der Waals surface area contributed by atoms with Gasteiger partial charge in [0.1, 0.15) is 5.52 Å². The molecule has 1 aliphatic carbocycles. The van der Waals surface area contributed by atoms with Crippen LogP contribution in [-0.4, -0.2) is 30.1 Å². The van der Waals surface area contributed by atoms with Gasteiger partial charge in [-0.2, -0.15) is 5.10 Å². The van der Waals surface area contributed by atoms with Gasteiger partial charge in [-0.05, 0) is 61.1 Å². The molecule has 1 aliphatic rings. The minimum atomic E-state index is 0.681. The Morgan fingerprint density at radius 3 is 2.71 bits per heavy atom. The van der Waals surface area contributed by atoms with E-state index in [-0.39, 0.29) is 0 Å². The molecule has 4 heterocycles. The van der Waals surface area contributed by atoms with Crippen molar-refractivity contribution in [3.05, 3.63) is 126 Å². The highest BCUT2D eigenvalue weighted by molar-refractivity contribution is 5.90. The van der Waals surface area contributed by atoms with Crippen LogP contribution in [0.25, 0.3) is 39.4 Å². The van der Waals surface area contributed by atoms with Crippen LogP contribution in [0.2, 0.25) is 0 Å². The predicted octanol–water partition coefficient (Wildman–Crippen LogP) is 6.96. The first-order valence-electron chi connectivity index (χ1n) is 12.8. The van der Waals surface area contributed by atoms with Crippen LogP contribution in [0, 0.1) is 6.92 Å². The van der Waals surface area contributed by atoms with Crippen molar-refractivity contribution in [1.29, 1.82) is 0 Å². The summed E-state index contributed by atoms with van der Waals surface area (Å²) in [5.74, 6) is 0.681. The molecular weight excluding hydrogens is 468 g/mol. The number of allylic oxidation sites excluding steroid dienone is 7. The van der Waals surface area contributed by atoms with Crippen molar-refractivity contribution in [2.24, 2.45) is 0 Å². The number of aromatic nitrogens is 6. The Bertz CT molecular complexity index is 1720. The van der Waals surface area contributed by atoms with E-state index in [1.165, 1.54) is 11.1 Å². The second-order valence-electron chi connectivity index (χ2n) is 9.40. The average molecular weight is 497 g/mol. The molecule has 0 bridgehead atoms. The SMILES string of the molecule is C=C/C=C(/C1=CCC=C1)c1nc(-c2n[nH]c3ccc(-c4cncc(CCc5ccccc5)c4)nc23)[nH]c1C. The van der Waals surface area contributed by atoms with E-state index < -0.39 is 0 Å². The van der Waals surface area contributed by atoms with Crippen molar-refractivity contribution in [1.82, 2.24) is 30.1 Å². The van der Waals surface area contributed by atoms with E-state index in [4.69, 9.17) is 9.97 Å². The van der Waals surface area contributed by atoms with E-state index in [0.29, 0.717) is 11.5 Å². The zero-order chi connectivity index (χ0) is 25.9. The summed E-state index contributed by atoms with van der Waals surface area (Å²) in [5, 5.41) is 7.69. The molecule has 0 unspecified atom stereocenters. The summed E-state index contributed by atoms with van der Waals surface area (Å²) in [6, 6.07) is 16.7. The Labute approximate surface area is 221 Å². The summed E-state index contributed by atoms with van der Waals surface area (Å²) in [5.41, 5.74) is 10.7. The van der Waals surface area contributed by atoms with Crippen LogP contribution in [0.1, 0.15) is 28.9 Å². The van der Waals surface area contributed by atoms with Crippen molar-refractivity contribution in [2.45, 2.75) is 26.2 Å². The number of fused-ring (bicyclic) bond motifs is 1. The summed E-state index contributed by atoms with van der Waals surface area (Å²) in [4.78, 5) is 17.9. The van der Waals surface area contributed by atoms with Gasteiger partial charge < -0.3 is 4.98 Å². The lowest BCUT2D eigenvalue weighted by Gasteiger charge is -2.06. The van der Waals surface area contributed by atoms with E-state index in [1.54, 1.807) is 6.08 Å². The number of aryl methyl sites for hydroxylation is 3. The van der Waals surface area contributed by atoms with Gasteiger partial charge in [-0.15, -0.1) is 0 Å². The molecule has 6 rings (SSSR count). The molecule has 5 aromatic rings. The van der Waals surface area contributed by atoms with Gasteiger partial charge in [-0.1, -0.05) is 67.3 Å². The third kappa shape index (κ3) is 4.64. The van der Waals surface area contributed by atoms with Gasteiger partial charge in [0.2, 0.25) is 0 Å². The van der Waals surface area contributed by atoms with Gasteiger partial charge >= 0.3 is 0 Å². The normalized spacial score (nSPS) is 13.3. The molecule has 0 saturated carbocycles. The average Bonchev–Trinajstić information content (AvgIpc) is 3.71. The van der Waals surface area contributed by atoms with Gasteiger partial charge in [-0.3, -0.25) is 10.1 Å². The Kier molecular flexibility index (Phi) is 6.36. The molecule has 0 spiro atoms. The lowest BCUT2D eigenvalue weighted by Crippen LogP contribution is -1.94. The number of pyridine rings is 2. The van der Waals surface area contributed by atoms with E-state index >= 15 is 0 Å². The molecular formula is C32H28N6. The Morgan fingerprint density at radius 2 is 1.89 bits per heavy atom. The lowest BCUT2D eigenvalue weighted by molar-refractivity contribution is 0.950. The number of H-pyrrole nitrogens is 2. The summed E-state index contributed by atoms with van der Waals surface area (Å²) in [6.07, 6.45) is 16.9. The largest absolute Gasteiger partial charge is 0.340 e. The molecule has 6 nitrogen and oxygen atoms in total. The molecule has 4 aromatic heterocycles. The first kappa shape index (κ1) is 23.6. The van der Waals surface area contributed by atoms with Gasteiger partial charge in [0.15, 0.2) is 11.5 Å². The van der Waals surface area contributed by atoms with Crippen LogP contribution in [-0.2, 0) is 12.8 Å². The fraction of sp³-hybridized carbons (Fsp3) is 0.125. The molecule has 38 heavy (non-hydrogen) atoms. The number of rotatable bonds is 8. The molecule has 186 valence electrons. The molecule has 6 heteroatoms. The Morgan fingerprint density at radius 1 is 1.03 bits per heavy atom. The van der Waals surface area contributed by atoms with Crippen LogP contribution < -0.4 is 0 Å². The van der Waals surface area contributed by atoms with Crippen molar-refractivity contribution in [3.63, 3.8) is 0 Å². The summed E-state index contributed by atoms with van der Waals surface area (Å²) in [7, 11) is 0. The highest BCUT2D eigenvalue weighted by Crippen LogP contribution is 2.32. The number of nitrogens with one attached hydrogen (secondary N) is 2. The number of imidazole rings is 1. The van der Waals surface area contributed by atoms with E-state index in [0.717, 1.165) is 64.1 Å². The van der Waals surface area contributed by atoms with Crippen molar-refractivity contribution < 1.29 is 0 Å². The first-order valence-corrected chi connectivity index (χ1v) is 12.8. The maximum atomic E-state index is 4.99. The minimum Gasteiger partial charge on any atom is -0.340 e.